The average Bonchev–Trinajstić information content (AvgIpc) is 3.41. The molecule has 0 radical (unpaired) electrons. The summed E-state index contributed by atoms with van der Waals surface area (Å²) < 4.78 is 45.3. The van der Waals surface area contributed by atoms with Crippen LogP contribution in [0.4, 0.5) is 14.9 Å². The first-order valence-electron chi connectivity index (χ1n) is 17.1. The number of likely N-dealkylation sites (tertiary alicyclic amines) is 2. The lowest BCUT2D eigenvalue weighted by molar-refractivity contribution is 0.0226. The van der Waals surface area contributed by atoms with Crippen LogP contribution >= 0.6 is 0 Å². The van der Waals surface area contributed by atoms with Crippen molar-refractivity contribution in [1.82, 2.24) is 15.1 Å². The van der Waals surface area contributed by atoms with E-state index in [1.807, 2.05) is 18.2 Å². The molecule has 0 spiro atoms. The molecule has 1 aliphatic carbocycles. The topological polar surface area (TPSA) is 102 Å². The van der Waals surface area contributed by atoms with Gasteiger partial charge >= 0.3 is 6.09 Å². The Hall–Kier alpha value is -2.73. The van der Waals surface area contributed by atoms with Crippen molar-refractivity contribution < 1.29 is 27.4 Å². The Kier molecular flexibility index (Phi) is 9.04. The smallest absolute Gasteiger partial charge is 0.404 e. The zero-order valence-electron chi connectivity index (χ0n) is 26.5. The molecule has 5 fully saturated rings. The van der Waals surface area contributed by atoms with Crippen LogP contribution in [0.25, 0.3) is 0 Å². The van der Waals surface area contributed by atoms with Gasteiger partial charge in [-0.25, -0.2) is 17.6 Å². The van der Waals surface area contributed by atoms with Crippen LogP contribution in [0, 0.1) is 23.6 Å². The fraction of sp³-hybridized carbons (Fsp3) is 0.629. The molecule has 4 heterocycles. The first kappa shape index (κ1) is 31.8. The largest absolute Gasteiger partial charge is 0.465 e. The molecule has 4 saturated heterocycles. The van der Waals surface area contributed by atoms with Crippen molar-refractivity contribution in [2.45, 2.75) is 60.1 Å². The molecule has 250 valence electrons. The van der Waals surface area contributed by atoms with E-state index in [0.717, 1.165) is 95.7 Å². The number of ether oxygens (including phenoxy) is 1. The highest BCUT2D eigenvalue weighted by Gasteiger charge is 2.53. The van der Waals surface area contributed by atoms with E-state index in [1.165, 1.54) is 12.5 Å². The number of anilines is 1. The fourth-order valence-electron chi connectivity index (χ4n) is 9.01. The Bertz CT molecular complexity index is 1490. The van der Waals surface area contributed by atoms with Gasteiger partial charge in [-0.05, 0) is 112 Å². The average molecular weight is 655 g/mol. The molecule has 9 nitrogen and oxygen atoms in total. The molecular weight excluding hydrogens is 607 g/mol. The zero-order valence-corrected chi connectivity index (χ0v) is 27.3. The van der Waals surface area contributed by atoms with E-state index in [4.69, 9.17) is 4.74 Å². The number of piperidine rings is 1. The van der Waals surface area contributed by atoms with Crippen LogP contribution in [0.5, 0.6) is 0 Å². The van der Waals surface area contributed by atoms with Crippen molar-refractivity contribution in [3.8, 4) is 0 Å². The predicted octanol–water partition coefficient (Wildman–Crippen LogP) is 4.23. The second-order valence-electron chi connectivity index (χ2n) is 14.3. The quantitative estimate of drug-likeness (QED) is 0.372. The maximum absolute atomic E-state index is 14.9. The third-order valence-corrected chi connectivity index (χ3v) is 13.7. The van der Waals surface area contributed by atoms with Crippen molar-refractivity contribution in [3.63, 3.8) is 0 Å². The highest BCUT2D eigenvalue weighted by atomic mass is 32.2. The second kappa shape index (κ2) is 13.1. The molecule has 0 bridgehead atoms. The van der Waals surface area contributed by atoms with Gasteiger partial charge in [0, 0.05) is 49.2 Å². The van der Waals surface area contributed by atoms with Crippen molar-refractivity contribution >= 4 is 21.6 Å². The molecule has 1 saturated carbocycles. The summed E-state index contributed by atoms with van der Waals surface area (Å²) in [5, 5.41) is 12.2. The molecule has 2 N–H and O–H groups in total. The number of nitrogens with zero attached hydrogens (tertiary/aromatic N) is 3. The SMILES string of the molecule is O=C(O)N[C@H]1CCC[C@@H]1C(CN1CCC1)(c1cccc(F)c1)C1CCN(CC2CN(c3ccc(S(=O)(=O)C4COC4)cc3)C2)CC1. The third-order valence-electron chi connectivity index (χ3n) is 11.6. The number of benzene rings is 2. The summed E-state index contributed by atoms with van der Waals surface area (Å²) in [6, 6.07) is 14.4. The van der Waals surface area contributed by atoms with Gasteiger partial charge in [-0.15, -0.1) is 0 Å². The molecule has 5 aliphatic rings. The van der Waals surface area contributed by atoms with Crippen LogP contribution in [-0.2, 0) is 20.0 Å². The van der Waals surface area contributed by atoms with Gasteiger partial charge in [0.15, 0.2) is 9.84 Å². The summed E-state index contributed by atoms with van der Waals surface area (Å²) in [6.45, 7) is 8.42. The summed E-state index contributed by atoms with van der Waals surface area (Å²) >= 11 is 0. The van der Waals surface area contributed by atoms with Crippen LogP contribution in [0.2, 0.25) is 0 Å². The Morgan fingerprint density at radius 3 is 2.30 bits per heavy atom. The molecule has 3 atom stereocenters. The lowest BCUT2D eigenvalue weighted by atomic mass is 9.57. The van der Waals surface area contributed by atoms with Gasteiger partial charge in [-0.3, -0.25) is 0 Å². The maximum Gasteiger partial charge on any atom is 0.404 e. The van der Waals surface area contributed by atoms with Crippen LogP contribution in [0.1, 0.15) is 44.1 Å². The number of nitrogens with one attached hydrogen (secondary N) is 1. The van der Waals surface area contributed by atoms with Crippen molar-refractivity contribution in [1.29, 1.82) is 0 Å². The molecule has 0 aromatic heterocycles. The second-order valence-corrected chi connectivity index (χ2v) is 16.5. The molecule has 2 aromatic carbocycles. The highest BCUT2D eigenvalue weighted by molar-refractivity contribution is 7.92. The fourth-order valence-corrected chi connectivity index (χ4v) is 10.5. The number of hydrogen-bond donors (Lipinski definition) is 2. The number of carbonyl (C=O) groups is 1. The van der Waals surface area contributed by atoms with E-state index in [2.05, 4.69) is 26.1 Å². The first-order valence-corrected chi connectivity index (χ1v) is 18.6. The molecule has 2 aromatic rings. The first-order chi connectivity index (χ1) is 22.2. The zero-order chi connectivity index (χ0) is 31.9. The van der Waals surface area contributed by atoms with Crippen LogP contribution < -0.4 is 10.2 Å². The standard InChI is InChI=1S/C35H47FN4O5S/c36-28-5-1-4-27(18-28)35(24-39-14-3-15-39,32-6-2-7-33(32)37-34(41)42)26-12-16-38(17-13-26)19-25-20-40(21-25)29-8-10-30(11-9-29)46(43,44)31-22-45-23-31/h1,4-5,8-11,18,25-26,31-33,37H,2-3,6-7,12-17,19-24H2,(H,41,42)/t32-,33-,35?/m0/s1. The van der Waals surface area contributed by atoms with Gasteiger partial charge in [-0.2, -0.15) is 0 Å². The Balaban J connectivity index is 1.01. The Morgan fingerprint density at radius 2 is 1.70 bits per heavy atom. The predicted molar refractivity (Wildman–Crippen MR) is 175 cm³/mol. The van der Waals surface area contributed by atoms with E-state index >= 15 is 0 Å². The van der Waals surface area contributed by atoms with E-state index < -0.39 is 21.2 Å². The van der Waals surface area contributed by atoms with Crippen LogP contribution in [0.15, 0.2) is 53.4 Å². The summed E-state index contributed by atoms with van der Waals surface area (Å²) in [5.74, 6) is 0.806. The van der Waals surface area contributed by atoms with Crippen molar-refractivity contribution in [3.05, 3.63) is 59.9 Å². The van der Waals surface area contributed by atoms with Gasteiger partial charge in [0.1, 0.15) is 11.1 Å². The Morgan fingerprint density at radius 1 is 0.957 bits per heavy atom. The summed E-state index contributed by atoms with van der Waals surface area (Å²) in [6.07, 6.45) is 5.00. The molecule has 4 aliphatic heterocycles. The van der Waals surface area contributed by atoms with Crippen LogP contribution in [-0.4, -0.2) is 106 Å². The number of hydrogen-bond acceptors (Lipinski definition) is 7. The van der Waals surface area contributed by atoms with Crippen LogP contribution in [0.3, 0.4) is 0 Å². The molecular formula is C35H47FN4O5S. The van der Waals surface area contributed by atoms with E-state index in [-0.39, 0.29) is 36.4 Å². The van der Waals surface area contributed by atoms with Gasteiger partial charge in [-0.1, -0.05) is 18.6 Å². The lowest BCUT2D eigenvalue weighted by Gasteiger charge is -2.54. The summed E-state index contributed by atoms with van der Waals surface area (Å²) in [5.41, 5.74) is 1.79. The monoisotopic (exact) mass is 654 g/mol. The Labute approximate surface area is 272 Å². The number of sulfone groups is 1. The maximum atomic E-state index is 14.9. The normalized spacial score (nSPS) is 26.6. The van der Waals surface area contributed by atoms with Gasteiger partial charge in [0.25, 0.3) is 0 Å². The van der Waals surface area contributed by atoms with Crippen molar-refractivity contribution in [2.75, 3.05) is 70.5 Å². The minimum absolute atomic E-state index is 0.123. The van der Waals surface area contributed by atoms with E-state index in [1.54, 1.807) is 18.2 Å². The minimum Gasteiger partial charge on any atom is -0.465 e. The number of halogens is 1. The molecule has 11 heteroatoms. The number of rotatable bonds is 11. The van der Waals surface area contributed by atoms with Gasteiger partial charge in [0.05, 0.1) is 18.1 Å². The molecule has 1 unspecified atom stereocenters. The third kappa shape index (κ3) is 6.16. The molecule has 46 heavy (non-hydrogen) atoms. The van der Waals surface area contributed by atoms with E-state index in [9.17, 15) is 22.7 Å². The molecule has 1 amide bonds. The minimum atomic E-state index is -3.32. The van der Waals surface area contributed by atoms with Gasteiger partial charge in [0.2, 0.25) is 0 Å². The van der Waals surface area contributed by atoms with Gasteiger partial charge < -0.3 is 29.9 Å². The number of amides is 1. The summed E-state index contributed by atoms with van der Waals surface area (Å²) in [7, 11) is -3.32. The summed E-state index contributed by atoms with van der Waals surface area (Å²) in [4.78, 5) is 19.6. The molecule has 7 rings (SSSR count). The highest BCUT2D eigenvalue weighted by Crippen LogP contribution is 2.51. The lowest BCUT2D eigenvalue weighted by Crippen LogP contribution is -2.60. The van der Waals surface area contributed by atoms with Crippen molar-refractivity contribution in [2.24, 2.45) is 17.8 Å². The van der Waals surface area contributed by atoms with E-state index in [0.29, 0.717) is 16.7 Å². The number of carboxylic acid groups (broad SMARTS) is 1.